The van der Waals surface area contributed by atoms with Crippen molar-refractivity contribution in [3.05, 3.63) is 35.5 Å². The quantitative estimate of drug-likeness (QED) is 0.801. The number of aryl methyl sites for hydroxylation is 1. The zero-order valence-corrected chi connectivity index (χ0v) is 13.9. The van der Waals surface area contributed by atoms with Crippen molar-refractivity contribution in [2.24, 2.45) is 0 Å². The van der Waals surface area contributed by atoms with Gasteiger partial charge in [0.25, 0.3) is 5.91 Å². The normalized spacial score (nSPS) is 10.1. The van der Waals surface area contributed by atoms with Gasteiger partial charge >= 0.3 is 0 Å². The van der Waals surface area contributed by atoms with Gasteiger partial charge in [0.2, 0.25) is 0 Å². The van der Waals surface area contributed by atoms with Crippen LogP contribution in [-0.2, 0) is 0 Å². The number of methoxy groups -OCH3 is 1. The van der Waals surface area contributed by atoms with Crippen molar-refractivity contribution in [2.75, 3.05) is 27.2 Å². The van der Waals surface area contributed by atoms with Crippen molar-refractivity contribution in [3.63, 3.8) is 0 Å². The summed E-state index contributed by atoms with van der Waals surface area (Å²) in [6.07, 6.45) is 0.902. The number of aromatic nitrogens is 1. The second-order valence-electron chi connectivity index (χ2n) is 4.89. The number of hydrogen-bond donors (Lipinski definition) is 2. The van der Waals surface area contributed by atoms with Crippen LogP contribution in [0.2, 0.25) is 0 Å². The van der Waals surface area contributed by atoms with Crippen LogP contribution in [-0.4, -0.2) is 38.1 Å². The molecule has 2 aromatic rings. The summed E-state index contributed by atoms with van der Waals surface area (Å²) in [4.78, 5) is 16.7. The molecule has 0 bridgehead atoms. The van der Waals surface area contributed by atoms with Crippen molar-refractivity contribution in [3.8, 4) is 5.75 Å². The first-order valence-electron chi connectivity index (χ1n) is 7.04. The van der Waals surface area contributed by atoms with Crippen LogP contribution in [0.5, 0.6) is 5.75 Å². The van der Waals surface area contributed by atoms with Crippen LogP contribution >= 0.6 is 12.4 Å². The van der Waals surface area contributed by atoms with Crippen molar-refractivity contribution in [2.45, 2.75) is 13.3 Å². The molecule has 120 valence electrons. The summed E-state index contributed by atoms with van der Waals surface area (Å²) in [5.41, 5.74) is 2.18. The van der Waals surface area contributed by atoms with Gasteiger partial charge in [-0.3, -0.25) is 9.78 Å². The molecule has 2 N–H and O–H groups in total. The Morgan fingerprint density at radius 2 is 2.05 bits per heavy atom. The monoisotopic (exact) mass is 323 g/mol. The number of rotatable bonds is 6. The number of ether oxygens (including phenoxy) is 1. The van der Waals surface area contributed by atoms with Gasteiger partial charge in [0.1, 0.15) is 5.75 Å². The Balaban J connectivity index is 0.00000242. The van der Waals surface area contributed by atoms with E-state index in [4.69, 9.17) is 4.74 Å². The van der Waals surface area contributed by atoms with E-state index in [1.165, 1.54) is 0 Å². The third-order valence-electron chi connectivity index (χ3n) is 3.35. The van der Waals surface area contributed by atoms with Gasteiger partial charge in [-0.1, -0.05) is 0 Å². The molecule has 0 atom stereocenters. The minimum atomic E-state index is -0.0752. The van der Waals surface area contributed by atoms with Crippen LogP contribution in [0.15, 0.2) is 24.3 Å². The number of benzene rings is 1. The van der Waals surface area contributed by atoms with Crippen LogP contribution in [0.1, 0.15) is 22.5 Å². The highest BCUT2D eigenvalue weighted by Gasteiger charge is 2.11. The summed E-state index contributed by atoms with van der Waals surface area (Å²) in [5.74, 6) is 0.687. The van der Waals surface area contributed by atoms with E-state index in [-0.39, 0.29) is 18.3 Å². The van der Waals surface area contributed by atoms with E-state index in [9.17, 15) is 4.79 Å². The highest BCUT2D eigenvalue weighted by atomic mass is 35.5. The molecule has 1 aromatic carbocycles. The fourth-order valence-electron chi connectivity index (χ4n) is 2.16. The largest absolute Gasteiger partial charge is 0.497 e. The zero-order valence-electron chi connectivity index (χ0n) is 13.1. The number of fused-ring (bicyclic) bond motifs is 1. The van der Waals surface area contributed by atoms with Crippen LogP contribution in [0.25, 0.3) is 10.9 Å². The van der Waals surface area contributed by atoms with Crippen LogP contribution < -0.4 is 15.4 Å². The van der Waals surface area contributed by atoms with Crippen molar-refractivity contribution < 1.29 is 9.53 Å². The maximum atomic E-state index is 12.2. The average molecular weight is 324 g/mol. The fourth-order valence-corrected chi connectivity index (χ4v) is 2.16. The Bertz CT molecular complexity index is 647. The molecular formula is C16H22ClN3O2. The summed E-state index contributed by atoms with van der Waals surface area (Å²) >= 11 is 0. The first-order valence-corrected chi connectivity index (χ1v) is 7.04. The molecule has 0 aliphatic rings. The number of nitrogens with zero attached hydrogens (tertiary/aromatic N) is 1. The smallest absolute Gasteiger partial charge is 0.253 e. The van der Waals surface area contributed by atoms with Crippen LogP contribution in [0.4, 0.5) is 0 Å². The molecule has 0 fully saturated rings. The average Bonchev–Trinajstić information content (AvgIpc) is 2.50. The van der Waals surface area contributed by atoms with Crippen molar-refractivity contribution in [1.82, 2.24) is 15.6 Å². The van der Waals surface area contributed by atoms with Gasteiger partial charge < -0.3 is 15.4 Å². The maximum Gasteiger partial charge on any atom is 0.253 e. The van der Waals surface area contributed by atoms with E-state index in [0.29, 0.717) is 12.1 Å². The molecule has 2 rings (SSSR count). The van der Waals surface area contributed by atoms with Gasteiger partial charge in [-0.2, -0.15) is 0 Å². The molecule has 1 aromatic heterocycles. The molecule has 0 saturated heterocycles. The van der Waals surface area contributed by atoms with E-state index in [1.807, 2.05) is 38.2 Å². The van der Waals surface area contributed by atoms with E-state index < -0.39 is 0 Å². The number of nitrogens with one attached hydrogen (secondary N) is 2. The molecule has 0 unspecified atom stereocenters. The Hall–Kier alpha value is -1.85. The molecule has 0 aliphatic heterocycles. The minimum Gasteiger partial charge on any atom is -0.497 e. The number of halogens is 1. The zero-order chi connectivity index (χ0) is 15.2. The van der Waals surface area contributed by atoms with Crippen LogP contribution in [0, 0.1) is 6.92 Å². The Kier molecular flexibility index (Phi) is 7.08. The third-order valence-corrected chi connectivity index (χ3v) is 3.35. The molecule has 1 heterocycles. The Morgan fingerprint density at radius 3 is 2.73 bits per heavy atom. The highest BCUT2D eigenvalue weighted by Crippen LogP contribution is 2.21. The molecule has 0 radical (unpaired) electrons. The van der Waals surface area contributed by atoms with Gasteiger partial charge in [-0.15, -0.1) is 12.4 Å². The predicted octanol–water partition coefficient (Wildman–Crippen LogP) is 2.31. The summed E-state index contributed by atoms with van der Waals surface area (Å²) in [6, 6.07) is 7.54. The topological polar surface area (TPSA) is 63.2 Å². The third kappa shape index (κ3) is 4.32. The van der Waals surface area contributed by atoms with Gasteiger partial charge in [-0.05, 0) is 45.1 Å². The lowest BCUT2D eigenvalue weighted by Gasteiger charge is -2.09. The SMILES string of the molecule is CNCCCNC(=O)c1cc2ccc(OC)cc2nc1C.Cl. The fraction of sp³-hybridized carbons (Fsp3) is 0.375. The highest BCUT2D eigenvalue weighted by molar-refractivity contribution is 5.98. The summed E-state index contributed by atoms with van der Waals surface area (Å²) in [5, 5.41) is 6.90. The molecule has 0 spiro atoms. The second kappa shape index (κ2) is 8.56. The number of carbonyl (C=O) groups excluding carboxylic acids is 1. The Morgan fingerprint density at radius 1 is 1.27 bits per heavy atom. The van der Waals surface area contributed by atoms with Gasteiger partial charge in [0, 0.05) is 18.0 Å². The summed E-state index contributed by atoms with van der Waals surface area (Å²) < 4.78 is 5.19. The van der Waals surface area contributed by atoms with E-state index in [2.05, 4.69) is 15.6 Å². The van der Waals surface area contributed by atoms with Gasteiger partial charge in [0.15, 0.2) is 0 Å². The van der Waals surface area contributed by atoms with E-state index in [0.717, 1.165) is 35.3 Å². The summed E-state index contributed by atoms with van der Waals surface area (Å²) in [6.45, 7) is 3.39. The standard InChI is InChI=1S/C16H21N3O2.ClH/c1-11-14(16(20)18-8-4-7-17-2)9-12-5-6-13(21-3)10-15(12)19-11;/h5-6,9-10,17H,4,7-8H2,1-3H3,(H,18,20);1H. The number of carbonyl (C=O) groups is 1. The number of hydrogen-bond acceptors (Lipinski definition) is 4. The second-order valence-corrected chi connectivity index (χ2v) is 4.89. The van der Waals surface area contributed by atoms with Crippen LogP contribution in [0.3, 0.4) is 0 Å². The lowest BCUT2D eigenvalue weighted by Crippen LogP contribution is -2.27. The molecular weight excluding hydrogens is 302 g/mol. The molecule has 5 nitrogen and oxygen atoms in total. The first-order chi connectivity index (χ1) is 10.2. The predicted molar refractivity (Wildman–Crippen MR) is 91.2 cm³/mol. The molecule has 0 saturated carbocycles. The lowest BCUT2D eigenvalue weighted by atomic mass is 10.1. The van der Waals surface area contributed by atoms with Gasteiger partial charge in [0.05, 0.1) is 23.9 Å². The minimum absolute atomic E-state index is 0. The summed E-state index contributed by atoms with van der Waals surface area (Å²) in [7, 11) is 3.52. The van der Waals surface area contributed by atoms with E-state index in [1.54, 1.807) is 7.11 Å². The van der Waals surface area contributed by atoms with Crippen molar-refractivity contribution >= 4 is 29.2 Å². The van der Waals surface area contributed by atoms with Gasteiger partial charge in [-0.25, -0.2) is 0 Å². The first kappa shape index (κ1) is 18.2. The maximum absolute atomic E-state index is 12.2. The molecule has 1 amide bonds. The molecule has 6 heteroatoms. The van der Waals surface area contributed by atoms with Crippen molar-refractivity contribution in [1.29, 1.82) is 0 Å². The molecule has 0 aliphatic carbocycles. The van der Waals surface area contributed by atoms with E-state index >= 15 is 0 Å². The Labute approximate surface area is 136 Å². The lowest BCUT2D eigenvalue weighted by molar-refractivity contribution is 0.0952. The number of amides is 1. The molecule has 22 heavy (non-hydrogen) atoms. The number of pyridine rings is 1.